The molecule has 8 rings (SSSR count). The Balaban J connectivity index is 0.903. The van der Waals surface area contributed by atoms with Crippen molar-refractivity contribution in [3.63, 3.8) is 0 Å². The monoisotopic (exact) mass is 862 g/mol. The van der Waals surface area contributed by atoms with Gasteiger partial charge >= 0.3 is 13.6 Å². The van der Waals surface area contributed by atoms with Gasteiger partial charge in [0.25, 0.3) is 0 Å². The molecule has 0 amide bonds. The molecular weight excluding hydrogens is 822 g/mol. The van der Waals surface area contributed by atoms with E-state index in [2.05, 4.69) is 4.89 Å². The Bertz CT molecular complexity index is 2850. The van der Waals surface area contributed by atoms with E-state index >= 15 is 0 Å². The molecule has 0 saturated heterocycles. The molecule has 0 radical (unpaired) electrons. The fourth-order valence-corrected chi connectivity index (χ4v) is 11.0. The molecule has 0 spiro atoms. The summed E-state index contributed by atoms with van der Waals surface area (Å²) in [6.07, 6.45) is -0.522. The maximum absolute atomic E-state index is 14.9. The fourth-order valence-electron chi connectivity index (χ4n) is 6.77. The van der Waals surface area contributed by atoms with Gasteiger partial charge in [0.1, 0.15) is 30.0 Å². The van der Waals surface area contributed by atoms with Crippen molar-refractivity contribution in [3.8, 4) is 23.0 Å². The van der Waals surface area contributed by atoms with Gasteiger partial charge < -0.3 is 23.2 Å². The van der Waals surface area contributed by atoms with Crippen molar-refractivity contribution in [2.45, 2.75) is 19.6 Å². The number of esters is 1. The van der Waals surface area contributed by atoms with Crippen LogP contribution in [0.3, 0.4) is 0 Å². The summed E-state index contributed by atoms with van der Waals surface area (Å²) in [6.45, 7) is 1.82. The van der Waals surface area contributed by atoms with Crippen molar-refractivity contribution >= 4 is 52.7 Å². The second kappa shape index (κ2) is 18.9. The first kappa shape index (κ1) is 41.9. The smallest absolute Gasteiger partial charge is 0.423 e. The third-order valence-electron chi connectivity index (χ3n) is 10.1. The van der Waals surface area contributed by atoms with Gasteiger partial charge in [-0.1, -0.05) is 133 Å². The average molecular weight is 863 g/mol. The summed E-state index contributed by atoms with van der Waals surface area (Å²) in [7, 11) is -7.23. The first-order chi connectivity index (χ1) is 30.2. The van der Waals surface area contributed by atoms with E-state index in [-0.39, 0.29) is 23.9 Å². The van der Waals surface area contributed by atoms with Crippen molar-refractivity contribution in [1.82, 2.24) is 0 Å². The summed E-state index contributed by atoms with van der Waals surface area (Å²) in [5, 5.41) is 13.1. The highest BCUT2D eigenvalue weighted by Crippen LogP contribution is 2.48. The highest BCUT2D eigenvalue weighted by Gasteiger charge is 2.32. The lowest BCUT2D eigenvalue weighted by atomic mass is 10.0. The lowest BCUT2D eigenvalue weighted by Crippen LogP contribution is -2.25. The minimum Gasteiger partial charge on any atom is -0.423 e. The van der Waals surface area contributed by atoms with Crippen LogP contribution in [0.1, 0.15) is 34.5 Å². The van der Waals surface area contributed by atoms with E-state index < -0.39 is 26.8 Å². The molecule has 0 aliphatic carbocycles. The predicted molar refractivity (Wildman–Crippen MR) is 240 cm³/mol. The summed E-state index contributed by atoms with van der Waals surface area (Å²) in [4.78, 5) is 28.7. The number of hydrogen-bond acceptors (Lipinski definition) is 10. The Morgan fingerprint density at radius 2 is 1.03 bits per heavy atom. The molecule has 0 saturated carbocycles. The molecule has 62 heavy (non-hydrogen) atoms. The molecular formula is C50H40O10P2. The molecule has 12 heteroatoms. The number of benzene rings is 8. The van der Waals surface area contributed by atoms with Gasteiger partial charge in [-0.05, 0) is 95.6 Å². The molecule has 8 aromatic rings. The van der Waals surface area contributed by atoms with Crippen molar-refractivity contribution in [2.24, 2.45) is 0 Å². The van der Waals surface area contributed by atoms with Gasteiger partial charge in [0.05, 0.1) is 10.9 Å². The maximum atomic E-state index is 14.9. The highest BCUT2D eigenvalue weighted by molar-refractivity contribution is 7.85. The number of ether oxygens (including phenoxy) is 1. The van der Waals surface area contributed by atoms with E-state index in [4.69, 9.17) is 28.8 Å². The molecule has 1 N–H and O–H groups in total. The zero-order chi connectivity index (χ0) is 42.9. The SMILES string of the molecule is CC(OO)c1ccc(P(=O)(c2ccccc2)c2ccc(COOc3ccc(OP(=O)(Oc4ccc(OC(=O)c5cccc6ccccc56)cc4)c4ccccc4)cc3)cc2)cc1. The minimum atomic E-state index is -3.99. The zero-order valence-corrected chi connectivity index (χ0v) is 35.1. The maximum Gasteiger partial charge on any atom is 0.462 e. The molecule has 3 atom stereocenters. The molecule has 0 bridgehead atoms. The lowest BCUT2D eigenvalue weighted by molar-refractivity contribution is -0.277. The molecule has 0 heterocycles. The van der Waals surface area contributed by atoms with Gasteiger partial charge in [-0.25, -0.2) is 14.2 Å². The fraction of sp³-hybridized carbons (Fsp3) is 0.0600. The molecule has 0 aliphatic heterocycles. The summed E-state index contributed by atoms with van der Waals surface area (Å²) < 4.78 is 47.1. The van der Waals surface area contributed by atoms with Crippen LogP contribution in [0, 0.1) is 0 Å². The van der Waals surface area contributed by atoms with Gasteiger partial charge in [-0.3, -0.25) is 5.26 Å². The lowest BCUT2D eigenvalue weighted by Gasteiger charge is -2.21. The van der Waals surface area contributed by atoms with E-state index in [1.165, 1.54) is 0 Å². The number of rotatable bonds is 16. The van der Waals surface area contributed by atoms with Crippen LogP contribution in [-0.4, -0.2) is 11.2 Å². The number of carbonyl (C=O) groups is 1. The van der Waals surface area contributed by atoms with Crippen LogP contribution in [0.25, 0.3) is 10.8 Å². The molecule has 0 fully saturated rings. The van der Waals surface area contributed by atoms with E-state index in [9.17, 15) is 13.9 Å². The standard InChI is InChI=1S/C50H40O10P2/c1-36(57-52)38-21-33-46(34-22-38)61(53,44-13-4-2-5-14-44)45-31-19-37(20-32-45)35-55-58-41-25-29-43(30-26-41)60-62(54,47-15-6-3-7-16-47)59-42-27-23-40(24-28-42)56-50(51)49-18-10-12-39-11-8-9-17-48(39)49/h2-34,36,52H,35H2,1H3. The minimum absolute atomic E-state index is 0.0973. The van der Waals surface area contributed by atoms with Crippen molar-refractivity contribution in [3.05, 3.63) is 217 Å². The average Bonchev–Trinajstić information content (AvgIpc) is 3.33. The Morgan fingerprint density at radius 1 is 0.532 bits per heavy atom. The zero-order valence-electron chi connectivity index (χ0n) is 33.4. The molecule has 310 valence electrons. The van der Waals surface area contributed by atoms with Crippen LogP contribution < -0.4 is 39.9 Å². The molecule has 3 unspecified atom stereocenters. The van der Waals surface area contributed by atoms with Crippen LogP contribution in [0.15, 0.2) is 200 Å². The molecule has 0 aromatic heterocycles. The van der Waals surface area contributed by atoms with Crippen LogP contribution in [0.4, 0.5) is 0 Å². The van der Waals surface area contributed by atoms with Gasteiger partial charge in [-0.15, -0.1) is 0 Å². The van der Waals surface area contributed by atoms with Gasteiger partial charge in [0.15, 0.2) is 12.9 Å². The van der Waals surface area contributed by atoms with Crippen molar-refractivity contribution in [2.75, 3.05) is 0 Å². The second-order valence-corrected chi connectivity index (χ2v) is 18.8. The van der Waals surface area contributed by atoms with Crippen LogP contribution in [0.2, 0.25) is 0 Å². The summed E-state index contributed by atoms with van der Waals surface area (Å²) in [5.41, 5.74) is 1.98. The van der Waals surface area contributed by atoms with E-state index in [1.807, 2.05) is 103 Å². The normalized spacial score (nSPS) is 13.6. The molecule has 10 nitrogen and oxygen atoms in total. The Morgan fingerprint density at radius 3 is 1.65 bits per heavy atom. The Kier molecular flexibility index (Phi) is 12.8. The van der Waals surface area contributed by atoms with Gasteiger partial charge in [-0.2, -0.15) is 4.89 Å². The Hall–Kier alpha value is -6.77. The third-order valence-corrected chi connectivity index (χ3v) is 15.0. The largest absolute Gasteiger partial charge is 0.462 e. The highest BCUT2D eigenvalue weighted by atomic mass is 31.2. The van der Waals surface area contributed by atoms with Crippen LogP contribution in [0.5, 0.6) is 23.0 Å². The molecule has 8 aromatic carbocycles. The second-order valence-electron chi connectivity index (χ2n) is 14.2. The van der Waals surface area contributed by atoms with E-state index in [0.29, 0.717) is 32.5 Å². The third kappa shape index (κ3) is 9.41. The number of carbonyl (C=O) groups excluding carboxylic acids is 1. The van der Waals surface area contributed by atoms with Gasteiger partial charge in [0, 0.05) is 15.9 Å². The van der Waals surface area contributed by atoms with Gasteiger partial charge in [0.2, 0.25) is 0 Å². The number of hydrogen-bond donors (Lipinski definition) is 1. The van der Waals surface area contributed by atoms with E-state index in [0.717, 1.165) is 21.9 Å². The quantitative estimate of drug-likeness (QED) is 0.0330. The topological polar surface area (TPSA) is 127 Å². The first-order valence-electron chi connectivity index (χ1n) is 19.6. The number of fused-ring (bicyclic) bond motifs is 1. The van der Waals surface area contributed by atoms with Crippen molar-refractivity contribution in [1.29, 1.82) is 0 Å². The Labute approximate surface area is 358 Å². The summed E-state index contributed by atoms with van der Waals surface area (Å²) in [5.74, 6) is 0.659. The predicted octanol–water partition coefficient (Wildman–Crippen LogP) is 10.7. The van der Waals surface area contributed by atoms with Crippen LogP contribution in [-0.2, 0) is 25.5 Å². The first-order valence-corrected chi connectivity index (χ1v) is 22.9. The van der Waals surface area contributed by atoms with Crippen molar-refractivity contribution < 1.29 is 47.6 Å². The van der Waals surface area contributed by atoms with E-state index in [1.54, 1.807) is 104 Å². The molecule has 0 aliphatic rings. The summed E-state index contributed by atoms with van der Waals surface area (Å²) in [6, 6.07) is 58.2. The van der Waals surface area contributed by atoms with Crippen LogP contribution >= 0.6 is 14.7 Å². The summed E-state index contributed by atoms with van der Waals surface area (Å²) >= 11 is 0.